The number of carbonyl (C=O) groups excluding carboxylic acids is 1. The Morgan fingerprint density at radius 1 is 1.04 bits per heavy atom. The number of anilines is 1. The van der Waals surface area contributed by atoms with Crippen LogP contribution in [0, 0.1) is 6.92 Å². The number of halogens is 1. The Balaban J connectivity index is 1.63. The van der Waals surface area contributed by atoms with Crippen LogP contribution in [0.15, 0.2) is 33.9 Å². The summed E-state index contributed by atoms with van der Waals surface area (Å²) >= 11 is 5.83. The molecule has 2 aromatic rings. The lowest BCUT2D eigenvalue weighted by Crippen LogP contribution is -2.52. The predicted molar refractivity (Wildman–Crippen MR) is 107 cm³/mol. The summed E-state index contributed by atoms with van der Waals surface area (Å²) in [6.07, 6.45) is 0. The van der Waals surface area contributed by atoms with Crippen LogP contribution in [0.3, 0.4) is 0 Å². The molecule has 0 atom stereocenters. The van der Waals surface area contributed by atoms with Crippen molar-refractivity contribution in [2.75, 3.05) is 37.7 Å². The lowest BCUT2D eigenvalue weighted by Gasteiger charge is -2.36. The maximum atomic E-state index is 12.6. The minimum Gasteiger partial charge on any atom is -0.484 e. The number of nitrogens with zero attached hydrogens (tertiary/aromatic N) is 4. The van der Waals surface area contributed by atoms with Gasteiger partial charge < -0.3 is 14.5 Å². The highest BCUT2D eigenvalue weighted by atomic mass is 35.5. The number of hydrogen-bond acceptors (Lipinski definition) is 5. The molecule has 3 rings (SSSR count). The molecule has 1 aromatic carbocycles. The molecule has 1 amide bonds. The van der Waals surface area contributed by atoms with Crippen molar-refractivity contribution < 1.29 is 9.53 Å². The molecule has 0 aliphatic carbocycles. The van der Waals surface area contributed by atoms with Gasteiger partial charge in [-0.25, -0.2) is 4.79 Å². The highest BCUT2D eigenvalue weighted by Gasteiger charge is 2.25. The molecule has 9 heteroatoms. The molecule has 0 saturated carbocycles. The molecule has 1 aliphatic rings. The van der Waals surface area contributed by atoms with E-state index < -0.39 is 0 Å². The van der Waals surface area contributed by atoms with Crippen LogP contribution in [0.5, 0.6) is 5.75 Å². The van der Waals surface area contributed by atoms with E-state index in [2.05, 4.69) is 0 Å². The zero-order valence-electron chi connectivity index (χ0n) is 16.1. The van der Waals surface area contributed by atoms with Gasteiger partial charge in [0.15, 0.2) is 6.61 Å². The highest BCUT2D eigenvalue weighted by molar-refractivity contribution is 6.30. The number of rotatable bonds is 4. The largest absolute Gasteiger partial charge is 0.484 e. The number of amides is 1. The van der Waals surface area contributed by atoms with Gasteiger partial charge in [-0.15, -0.1) is 0 Å². The van der Waals surface area contributed by atoms with E-state index in [9.17, 15) is 14.4 Å². The third-order valence-corrected chi connectivity index (χ3v) is 5.30. The Morgan fingerprint density at radius 2 is 1.64 bits per heavy atom. The second kappa shape index (κ2) is 8.10. The molecule has 8 nitrogen and oxygen atoms in total. The van der Waals surface area contributed by atoms with E-state index in [0.717, 1.165) is 4.57 Å². The average Bonchev–Trinajstić information content (AvgIpc) is 2.71. The normalized spacial score (nSPS) is 14.3. The van der Waals surface area contributed by atoms with Gasteiger partial charge in [-0.05, 0) is 31.2 Å². The third-order valence-electron chi connectivity index (χ3n) is 5.05. The fourth-order valence-corrected chi connectivity index (χ4v) is 3.36. The van der Waals surface area contributed by atoms with Gasteiger partial charge in [-0.2, -0.15) is 0 Å². The van der Waals surface area contributed by atoms with Gasteiger partial charge in [-0.3, -0.25) is 18.7 Å². The number of carbonyl (C=O) groups is 1. The first kappa shape index (κ1) is 20.0. The molecular weight excluding hydrogens is 384 g/mol. The molecule has 1 aliphatic heterocycles. The molecule has 2 heterocycles. The van der Waals surface area contributed by atoms with Crippen LogP contribution >= 0.6 is 11.6 Å². The van der Waals surface area contributed by atoms with E-state index in [4.69, 9.17) is 16.3 Å². The van der Waals surface area contributed by atoms with E-state index >= 15 is 0 Å². The summed E-state index contributed by atoms with van der Waals surface area (Å²) in [5.41, 5.74) is 0.471. The Morgan fingerprint density at radius 3 is 2.25 bits per heavy atom. The number of benzene rings is 1. The number of piperazine rings is 1. The first-order valence-electron chi connectivity index (χ1n) is 8.97. The van der Waals surface area contributed by atoms with Gasteiger partial charge in [0.2, 0.25) is 0 Å². The number of ether oxygens (including phenoxy) is 1. The minimum absolute atomic E-state index is 0.0533. The lowest BCUT2D eigenvalue weighted by atomic mass is 10.2. The van der Waals surface area contributed by atoms with Crippen molar-refractivity contribution in [2.45, 2.75) is 6.92 Å². The van der Waals surface area contributed by atoms with Crippen LogP contribution in [-0.4, -0.2) is 52.7 Å². The second-order valence-corrected chi connectivity index (χ2v) is 7.19. The fourth-order valence-electron chi connectivity index (χ4n) is 3.24. The predicted octanol–water partition coefficient (Wildman–Crippen LogP) is 0.773. The average molecular weight is 407 g/mol. The van der Waals surface area contributed by atoms with Crippen molar-refractivity contribution in [3.8, 4) is 5.75 Å². The quantitative estimate of drug-likeness (QED) is 0.749. The van der Waals surface area contributed by atoms with Crippen molar-refractivity contribution in [2.24, 2.45) is 14.1 Å². The van der Waals surface area contributed by atoms with Crippen LogP contribution in [0.2, 0.25) is 5.02 Å². The van der Waals surface area contributed by atoms with Crippen LogP contribution < -0.4 is 20.9 Å². The molecule has 0 radical (unpaired) electrons. The third kappa shape index (κ3) is 3.91. The monoisotopic (exact) mass is 406 g/mol. The fraction of sp³-hybridized carbons (Fsp3) is 0.421. The van der Waals surface area contributed by atoms with Crippen LogP contribution in [0.1, 0.15) is 5.69 Å². The number of aromatic nitrogens is 2. The van der Waals surface area contributed by atoms with E-state index in [1.807, 2.05) is 4.90 Å². The molecule has 0 N–H and O–H groups in total. The van der Waals surface area contributed by atoms with Crippen LogP contribution in [0.25, 0.3) is 0 Å². The van der Waals surface area contributed by atoms with Gasteiger partial charge >= 0.3 is 5.69 Å². The van der Waals surface area contributed by atoms with Gasteiger partial charge in [0.1, 0.15) is 11.4 Å². The van der Waals surface area contributed by atoms with E-state index in [1.165, 1.54) is 11.6 Å². The highest BCUT2D eigenvalue weighted by Crippen LogP contribution is 2.17. The Bertz CT molecular complexity index is 989. The van der Waals surface area contributed by atoms with Crippen molar-refractivity contribution in [3.05, 3.63) is 55.8 Å². The van der Waals surface area contributed by atoms with Crippen LogP contribution in [-0.2, 0) is 18.9 Å². The summed E-state index contributed by atoms with van der Waals surface area (Å²) in [5, 5.41) is 0.606. The second-order valence-electron chi connectivity index (χ2n) is 6.75. The van der Waals surface area contributed by atoms with Crippen molar-refractivity contribution in [1.29, 1.82) is 0 Å². The SMILES string of the molecule is Cc1c(N2CCN(C(=O)COc3ccc(Cl)cc3)CC2)c(=O)n(C)c(=O)n1C. The van der Waals surface area contributed by atoms with Gasteiger partial charge in [0.25, 0.3) is 11.5 Å². The summed E-state index contributed by atoms with van der Waals surface area (Å²) < 4.78 is 8.09. The summed E-state index contributed by atoms with van der Waals surface area (Å²) in [6.45, 7) is 3.70. The first-order valence-corrected chi connectivity index (χ1v) is 9.35. The van der Waals surface area contributed by atoms with Crippen molar-refractivity contribution in [3.63, 3.8) is 0 Å². The first-order chi connectivity index (χ1) is 13.3. The molecule has 0 unspecified atom stereocenters. The maximum absolute atomic E-state index is 12.6. The lowest BCUT2D eigenvalue weighted by molar-refractivity contribution is -0.133. The van der Waals surface area contributed by atoms with Crippen LogP contribution in [0.4, 0.5) is 5.69 Å². The van der Waals surface area contributed by atoms with Gasteiger partial charge in [0, 0.05) is 51.0 Å². The molecular formula is C19H23ClN4O4. The molecule has 150 valence electrons. The summed E-state index contributed by atoms with van der Waals surface area (Å²) in [7, 11) is 3.12. The number of hydrogen-bond donors (Lipinski definition) is 0. The molecule has 0 spiro atoms. The standard InChI is InChI=1S/C19H23ClN4O4/c1-13-17(18(26)22(3)19(27)21(13)2)24-10-8-23(9-11-24)16(25)12-28-15-6-4-14(20)5-7-15/h4-7H,8-12H2,1-3H3. The van der Waals surface area contributed by atoms with Crippen molar-refractivity contribution in [1.82, 2.24) is 14.0 Å². The topological polar surface area (TPSA) is 76.8 Å². The molecule has 1 fully saturated rings. The Kier molecular flexibility index (Phi) is 5.79. The van der Waals surface area contributed by atoms with Gasteiger partial charge in [-0.1, -0.05) is 11.6 Å². The summed E-state index contributed by atoms with van der Waals surface area (Å²) in [6, 6.07) is 6.84. The maximum Gasteiger partial charge on any atom is 0.330 e. The van der Waals surface area contributed by atoms with E-state index in [0.29, 0.717) is 48.3 Å². The molecule has 0 bridgehead atoms. The zero-order valence-corrected chi connectivity index (χ0v) is 16.9. The summed E-state index contributed by atoms with van der Waals surface area (Å²) in [5.74, 6) is 0.473. The van der Waals surface area contributed by atoms with Crippen molar-refractivity contribution >= 4 is 23.2 Å². The summed E-state index contributed by atoms with van der Waals surface area (Å²) in [4.78, 5) is 40.6. The smallest absolute Gasteiger partial charge is 0.330 e. The van der Waals surface area contributed by atoms with E-state index in [-0.39, 0.29) is 23.8 Å². The van der Waals surface area contributed by atoms with E-state index in [1.54, 1.807) is 43.1 Å². The molecule has 28 heavy (non-hydrogen) atoms. The Hall–Kier alpha value is -2.74. The molecule has 1 saturated heterocycles. The minimum atomic E-state index is -0.348. The van der Waals surface area contributed by atoms with Gasteiger partial charge in [0.05, 0.1) is 0 Å². The molecule has 1 aromatic heterocycles. The zero-order chi connectivity index (χ0) is 20.4. The Labute approximate surface area is 167 Å².